The summed E-state index contributed by atoms with van der Waals surface area (Å²) in [5.41, 5.74) is 0.704. The van der Waals surface area contributed by atoms with Crippen LogP contribution in [0, 0.1) is 15.3 Å². The van der Waals surface area contributed by atoms with Gasteiger partial charge in [-0.2, -0.15) is 13.2 Å². The van der Waals surface area contributed by atoms with Crippen LogP contribution in [0.4, 0.5) is 23.2 Å². The minimum atomic E-state index is -4.11. The molecule has 1 aromatic rings. The van der Waals surface area contributed by atoms with Crippen LogP contribution in [0.2, 0.25) is 0 Å². The van der Waals surface area contributed by atoms with Gasteiger partial charge in [-0.3, -0.25) is 0 Å². The monoisotopic (exact) mass is 387 g/mol. The molecular weight excluding hydrogens is 373 g/mol. The predicted molar refractivity (Wildman–Crippen MR) is 74.5 cm³/mol. The lowest BCUT2D eigenvalue weighted by atomic mass is 9.85. The van der Waals surface area contributed by atoms with Crippen LogP contribution in [0.3, 0.4) is 0 Å². The maximum Gasteiger partial charge on any atom is 0.391 e. The Morgan fingerprint density at radius 1 is 1.21 bits per heavy atom. The van der Waals surface area contributed by atoms with Gasteiger partial charge in [0.1, 0.15) is 5.82 Å². The summed E-state index contributed by atoms with van der Waals surface area (Å²) in [7, 11) is 0. The summed E-state index contributed by atoms with van der Waals surface area (Å²) in [6.07, 6.45) is -2.52. The van der Waals surface area contributed by atoms with E-state index in [0.29, 0.717) is 15.7 Å². The second-order valence-electron chi connectivity index (χ2n) is 4.87. The highest BCUT2D eigenvalue weighted by Gasteiger charge is 2.42. The zero-order chi connectivity index (χ0) is 14.0. The molecule has 1 aliphatic rings. The van der Waals surface area contributed by atoms with E-state index in [1.165, 1.54) is 12.1 Å². The van der Waals surface area contributed by atoms with E-state index in [0.717, 1.165) is 6.42 Å². The molecule has 19 heavy (non-hydrogen) atoms. The molecule has 1 nitrogen and oxygen atoms in total. The van der Waals surface area contributed by atoms with Crippen molar-refractivity contribution in [3.63, 3.8) is 0 Å². The van der Waals surface area contributed by atoms with Crippen molar-refractivity contribution in [1.29, 1.82) is 0 Å². The average Bonchev–Trinajstić information content (AvgIpc) is 2.32. The molecule has 0 aromatic heterocycles. The number of anilines is 1. The Labute approximate surface area is 122 Å². The molecule has 0 saturated heterocycles. The van der Waals surface area contributed by atoms with Gasteiger partial charge >= 0.3 is 6.18 Å². The third-order valence-corrected chi connectivity index (χ3v) is 4.32. The Hall–Kier alpha value is -0.530. The Morgan fingerprint density at radius 3 is 2.58 bits per heavy atom. The van der Waals surface area contributed by atoms with Gasteiger partial charge in [0.25, 0.3) is 0 Å². The number of nitrogens with one attached hydrogen (secondary N) is 1. The first-order valence-corrected chi connectivity index (χ1v) is 7.22. The number of halogens is 5. The van der Waals surface area contributed by atoms with Crippen LogP contribution < -0.4 is 5.32 Å². The standard InChI is InChI=1S/C13H14F4IN/c14-9-4-5-12(11(18)7-9)19-10-3-1-2-8(6-10)13(15,16)17/h4-5,7-8,10,19H,1-3,6H2. The van der Waals surface area contributed by atoms with E-state index in [1.54, 1.807) is 6.07 Å². The third kappa shape index (κ3) is 3.97. The number of hydrogen-bond acceptors (Lipinski definition) is 1. The SMILES string of the molecule is Fc1ccc(NC2CCCC(C(F)(F)F)C2)c(I)c1. The first-order valence-electron chi connectivity index (χ1n) is 6.14. The Kier molecular flexibility index (Phi) is 4.58. The largest absolute Gasteiger partial charge is 0.391 e. The molecule has 0 amide bonds. The summed E-state index contributed by atoms with van der Waals surface area (Å²) in [4.78, 5) is 0. The zero-order valence-corrected chi connectivity index (χ0v) is 12.3. The van der Waals surface area contributed by atoms with E-state index in [2.05, 4.69) is 5.32 Å². The molecule has 106 valence electrons. The number of rotatable bonds is 2. The highest BCUT2D eigenvalue weighted by molar-refractivity contribution is 14.1. The molecular formula is C13H14F4IN. The van der Waals surface area contributed by atoms with Crippen molar-refractivity contribution in [2.24, 2.45) is 5.92 Å². The van der Waals surface area contributed by atoms with Crippen LogP contribution in [-0.2, 0) is 0 Å². The summed E-state index contributed by atoms with van der Waals surface area (Å²) >= 11 is 1.98. The molecule has 0 spiro atoms. The normalized spacial score (nSPS) is 24.3. The quantitative estimate of drug-likeness (QED) is 0.559. The minimum Gasteiger partial charge on any atom is -0.381 e. The van der Waals surface area contributed by atoms with E-state index in [4.69, 9.17) is 0 Å². The van der Waals surface area contributed by atoms with Crippen LogP contribution >= 0.6 is 22.6 Å². The lowest BCUT2D eigenvalue weighted by molar-refractivity contribution is -0.182. The highest BCUT2D eigenvalue weighted by atomic mass is 127. The lowest BCUT2D eigenvalue weighted by Crippen LogP contribution is -2.34. The summed E-state index contributed by atoms with van der Waals surface area (Å²) < 4.78 is 51.8. The molecule has 1 aliphatic carbocycles. The summed E-state index contributed by atoms with van der Waals surface area (Å²) in [5, 5.41) is 3.10. The van der Waals surface area contributed by atoms with Crippen LogP contribution in [0.5, 0.6) is 0 Å². The predicted octanol–water partition coefficient (Wildman–Crippen LogP) is 4.96. The van der Waals surface area contributed by atoms with Crippen molar-refractivity contribution in [3.8, 4) is 0 Å². The molecule has 0 bridgehead atoms. The van der Waals surface area contributed by atoms with E-state index in [1.807, 2.05) is 22.6 Å². The van der Waals surface area contributed by atoms with Crippen molar-refractivity contribution in [2.75, 3.05) is 5.32 Å². The average molecular weight is 387 g/mol. The van der Waals surface area contributed by atoms with Crippen molar-refractivity contribution >= 4 is 28.3 Å². The second-order valence-corrected chi connectivity index (χ2v) is 6.03. The summed E-state index contributed by atoms with van der Waals surface area (Å²) in [5.74, 6) is -1.57. The molecule has 6 heteroatoms. The van der Waals surface area contributed by atoms with Gasteiger partial charge in [0.05, 0.1) is 5.92 Å². The van der Waals surface area contributed by atoms with E-state index < -0.39 is 12.1 Å². The van der Waals surface area contributed by atoms with E-state index >= 15 is 0 Å². The van der Waals surface area contributed by atoms with Crippen molar-refractivity contribution in [1.82, 2.24) is 0 Å². The lowest BCUT2D eigenvalue weighted by Gasteiger charge is -2.31. The molecule has 0 aliphatic heterocycles. The van der Waals surface area contributed by atoms with Gasteiger partial charge in [0.15, 0.2) is 0 Å². The molecule has 2 rings (SSSR count). The molecule has 1 N–H and O–H groups in total. The third-order valence-electron chi connectivity index (χ3n) is 3.43. The van der Waals surface area contributed by atoms with Crippen LogP contribution in [0.1, 0.15) is 25.7 Å². The first kappa shape index (κ1) is 14.9. The molecule has 1 saturated carbocycles. The molecule has 0 radical (unpaired) electrons. The Morgan fingerprint density at radius 2 is 1.95 bits per heavy atom. The second kappa shape index (κ2) is 5.85. The maximum atomic E-state index is 13.0. The fourth-order valence-corrected chi connectivity index (χ4v) is 3.08. The van der Waals surface area contributed by atoms with Gasteiger partial charge < -0.3 is 5.32 Å². The molecule has 0 heterocycles. The van der Waals surface area contributed by atoms with Gasteiger partial charge in [0.2, 0.25) is 0 Å². The van der Waals surface area contributed by atoms with E-state index in [9.17, 15) is 17.6 Å². The first-order chi connectivity index (χ1) is 8.86. The van der Waals surface area contributed by atoms with Gasteiger partial charge in [-0.25, -0.2) is 4.39 Å². The number of benzene rings is 1. The number of alkyl halides is 3. The Bertz CT molecular complexity index is 447. The summed E-state index contributed by atoms with van der Waals surface area (Å²) in [6.45, 7) is 0. The van der Waals surface area contributed by atoms with Crippen molar-refractivity contribution in [3.05, 3.63) is 27.6 Å². The van der Waals surface area contributed by atoms with Crippen LogP contribution in [-0.4, -0.2) is 12.2 Å². The Balaban J connectivity index is 2.03. The van der Waals surface area contributed by atoms with Crippen molar-refractivity contribution < 1.29 is 17.6 Å². The van der Waals surface area contributed by atoms with Gasteiger partial charge in [-0.15, -0.1) is 0 Å². The molecule has 2 atom stereocenters. The zero-order valence-electron chi connectivity index (χ0n) is 10.1. The fraction of sp³-hybridized carbons (Fsp3) is 0.538. The molecule has 2 unspecified atom stereocenters. The van der Waals surface area contributed by atoms with Gasteiger partial charge in [-0.05, 0) is 60.1 Å². The fourth-order valence-electron chi connectivity index (χ4n) is 2.44. The van der Waals surface area contributed by atoms with Crippen LogP contribution in [0.25, 0.3) is 0 Å². The maximum absolute atomic E-state index is 13.0. The topological polar surface area (TPSA) is 12.0 Å². The molecule has 1 fully saturated rings. The minimum absolute atomic E-state index is 0.0942. The van der Waals surface area contributed by atoms with E-state index in [-0.39, 0.29) is 24.7 Å². The molecule has 1 aromatic carbocycles. The smallest absolute Gasteiger partial charge is 0.381 e. The number of hydrogen-bond donors (Lipinski definition) is 1. The highest BCUT2D eigenvalue weighted by Crippen LogP contribution is 2.38. The summed E-state index contributed by atoms with van der Waals surface area (Å²) in [6, 6.07) is 4.06. The van der Waals surface area contributed by atoms with Crippen molar-refractivity contribution in [2.45, 2.75) is 37.9 Å². The van der Waals surface area contributed by atoms with Crippen LogP contribution in [0.15, 0.2) is 18.2 Å². The van der Waals surface area contributed by atoms with Gasteiger partial charge in [0, 0.05) is 15.3 Å². The van der Waals surface area contributed by atoms with Gasteiger partial charge in [-0.1, -0.05) is 6.42 Å².